The number of carbonyl (C=O) groups excluding carboxylic acids is 1. The molecule has 1 saturated heterocycles. The van der Waals surface area contributed by atoms with Crippen LogP contribution in [-0.2, 0) is 17.6 Å². The summed E-state index contributed by atoms with van der Waals surface area (Å²) in [6.07, 6.45) is 3.83. The van der Waals surface area contributed by atoms with Gasteiger partial charge in [0.05, 0.1) is 25.4 Å². The molecule has 156 valence electrons. The first-order valence-electron chi connectivity index (χ1n) is 10.3. The molecule has 2 aromatic rings. The number of methoxy groups -OCH3 is 1. The van der Waals surface area contributed by atoms with Gasteiger partial charge in [0.15, 0.2) is 0 Å². The molecular weight excluding hydrogens is 364 g/mol. The third-order valence-electron chi connectivity index (χ3n) is 5.65. The summed E-state index contributed by atoms with van der Waals surface area (Å²) in [5, 5.41) is 3.40. The van der Waals surface area contributed by atoms with Crippen LogP contribution in [0.5, 0.6) is 11.5 Å². The van der Waals surface area contributed by atoms with Gasteiger partial charge < -0.3 is 14.4 Å². The van der Waals surface area contributed by atoms with Crippen LogP contribution in [0.3, 0.4) is 0 Å². The molecule has 29 heavy (non-hydrogen) atoms. The minimum Gasteiger partial charge on any atom is -0.497 e. The molecule has 0 radical (unpaired) electrons. The zero-order chi connectivity index (χ0) is 20.9. The van der Waals surface area contributed by atoms with E-state index in [1.54, 1.807) is 12.0 Å². The molecule has 5 heteroatoms. The number of ether oxygens (including phenoxy) is 2. The molecular formula is C24H32N2O3. The Hall–Kier alpha value is -2.53. The van der Waals surface area contributed by atoms with Crippen molar-refractivity contribution < 1.29 is 14.3 Å². The van der Waals surface area contributed by atoms with Gasteiger partial charge in [0, 0.05) is 7.05 Å². The van der Waals surface area contributed by atoms with Gasteiger partial charge in [-0.15, -0.1) is 0 Å². The van der Waals surface area contributed by atoms with Crippen molar-refractivity contribution in [1.29, 1.82) is 0 Å². The average molecular weight is 397 g/mol. The molecule has 0 unspecified atom stereocenters. The van der Waals surface area contributed by atoms with E-state index < -0.39 is 0 Å². The lowest BCUT2D eigenvalue weighted by atomic mass is 10.1. The first-order chi connectivity index (χ1) is 13.9. The largest absolute Gasteiger partial charge is 0.497 e. The van der Waals surface area contributed by atoms with E-state index in [0.717, 1.165) is 36.3 Å². The Bertz CT molecular complexity index is 800. The SMILES string of the molecule is COc1ccc(CCCCOc2ccc(C[C@@H]3NC(C)(C)N(C)C3=O)cc2)cc1. The van der Waals surface area contributed by atoms with Crippen LogP contribution in [0.15, 0.2) is 48.5 Å². The van der Waals surface area contributed by atoms with E-state index in [-0.39, 0.29) is 17.6 Å². The molecule has 1 heterocycles. The number of amides is 1. The third kappa shape index (κ3) is 5.51. The lowest BCUT2D eigenvalue weighted by Crippen LogP contribution is -2.45. The Morgan fingerprint density at radius 3 is 2.17 bits per heavy atom. The molecule has 1 N–H and O–H groups in total. The summed E-state index contributed by atoms with van der Waals surface area (Å²) in [4.78, 5) is 14.1. The minimum absolute atomic E-state index is 0.146. The third-order valence-corrected chi connectivity index (χ3v) is 5.65. The molecule has 1 aliphatic rings. The highest BCUT2D eigenvalue weighted by Gasteiger charge is 2.41. The summed E-state index contributed by atoms with van der Waals surface area (Å²) in [5.74, 6) is 1.91. The maximum absolute atomic E-state index is 12.4. The highest BCUT2D eigenvalue weighted by molar-refractivity contribution is 5.85. The van der Waals surface area contributed by atoms with E-state index in [0.29, 0.717) is 13.0 Å². The number of rotatable bonds is 9. The monoisotopic (exact) mass is 396 g/mol. The van der Waals surface area contributed by atoms with Gasteiger partial charge >= 0.3 is 0 Å². The number of hydrogen-bond donors (Lipinski definition) is 1. The Morgan fingerprint density at radius 1 is 0.966 bits per heavy atom. The lowest BCUT2D eigenvalue weighted by molar-refractivity contribution is -0.129. The molecule has 3 rings (SSSR count). The van der Waals surface area contributed by atoms with Crippen molar-refractivity contribution in [3.63, 3.8) is 0 Å². The molecule has 1 amide bonds. The van der Waals surface area contributed by atoms with Gasteiger partial charge in [-0.3, -0.25) is 10.1 Å². The number of hydrogen-bond acceptors (Lipinski definition) is 4. The highest BCUT2D eigenvalue weighted by atomic mass is 16.5. The zero-order valence-electron chi connectivity index (χ0n) is 17.9. The van der Waals surface area contributed by atoms with Crippen molar-refractivity contribution in [2.75, 3.05) is 20.8 Å². The van der Waals surface area contributed by atoms with Gasteiger partial charge in [-0.05, 0) is 74.9 Å². The van der Waals surface area contributed by atoms with E-state index >= 15 is 0 Å². The smallest absolute Gasteiger partial charge is 0.241 e. The molecule has 1 atom stereocenters. The van der Waals surface area contributed by atoms with Gasteiger partial charge in [-0.1, -0.05) is 24.3 Å². The Balaban J connectivity index is 1.38. The van der Waals surface area contributed by atoms with Crippen molar-refractivity contribution in [2.45, 2.75) is 51.2 Å². The second-order valence-corrected chi connectivity index (χ2v) is 8.15. The van der Waals surface area contributed by atoms with Crippen LogP contribution in [0.2, 0.25) is 0 Å². The summed E-state index contributed by atoms with van der Waals surface area (Å²) in [5.41, 5.74) is 2.16. The maximum atomic E-state index is 12.4. The van der Waals surface area contributed by atoms with Crippen LogP contribution < -0.4 is 14.8 Å². The molecule has 1 fully saturated rings. The van der Waals surface area contributed by atoms with E-state index in [2.05, 4.69) is 17.4 Å². The van der Waals surface area contributed by atoms with Crippen molar-refractivity contribution in [3.8, 4) is 11.5 Å². The number of likely N-dealkylation sites (N-methyl/N-ethyl adjacent to an activating group) is 1. The zero-order valence-corrected chi connectivity index (χ0v) is 17.9. The summed E-state index contributed by atoms with van der Waals surface area (Å²) < 4.78 is 11.0. The van der Waals surface area contributed by atoms with Gasteiger partial charge in [0.25, 0.3) is 0 Å². The fraction of sp³-hybridized carbons (Fsp3) is 0.458. The molecule has 0 saturated carbocycles. The first kappa shape index (κ1) is 21.2. The maximum Gasteiger partial charge on any atom is 0.241 e. The quantitative estimate of drug-likeness (QED) is 0.655. The summed E-state index contributed by atoms with van der Waals surface area (Å²) >= 11 is 0. The van der Waals surface area contributed by atoms with E-state index in [9.17, 15) is 4.79 Å². The van der Waals surface area contributed by atoms with Crippen LogP contribution in [0.4, 0.5) is 0 Å². The van der Waals surface area contributed by atoms with Crippen LogP contribution in [-0.4, -0.2) is 43.3 Å². The lowest BCUT2D eigenvalue weighted by Gasteiger charge is -2.27. The van der Waals surface area contributed by atoms with Gasteiger partial charge in [0.1, 0.15) is 11.5 Å². The van der Waals surface area contributed by atoms with Crippen molar-refractivity contribution in [1.82, 2.24) is 10.2 Å². The summed E-state index contributed by atoms with van der Waals surface area (Å²) in [6, 6.07) is 16.1. The molecule has 5 nitrogen and oxygen atoms in total. The number of nitrogens with one attached hydrogen (secondary N) is 1. The molecule has 0 bridgehead atoms. The summed E-state index contributed by atoms with van der Waals surface area (Å²) in [6.45, 7) is 4.75. The predicted molar refractivity (Wildman–Crippen MR) is 115 cm³/mol. The van der Waals surface area contributed by atoms with Crippen LogP contribution in [0.25, 0.3) is 0 Å². The number of carbonyl (C=O) groups is 1. The number of unbranched alkanes of at least 4 members (excludes halogenated alkanes) is 1. The van der Waals surface area contributed by atoms with Gasteiger partial charge in [0.2, 0.25) is 5.91 Å². The Labute approximate surface area is 174 Å². The second kappa shape index (κ2) is 9.31. The molecule has 1 aliphatic heterocycles. The number of nitrogens with zero attached hydrogens (tertiary/aromatic N) is 1. The van der Waals surface area contributed by atoms with Gasteiger partial charge in [-0.2, -0.15) is 0 Å². The standard InChI is InChI=1S/C24H32N2O3/c1-24(2)25-22(23(27)26(24)3)17-19-10-14-21(15-11-19)29-16-6-5-7-18-8-12-20(28-4)13-9-18/h8-15,22,25H,5-7,16-17H2,1-4H3/t22-/m0/s1. The van der Waals surface area contributed by atoms with Crippen molar-refractivity contribution in [2.24, 2.45) is 0 Å². The normalized spacial score (nSPS) is 18.1. The minimum atomic E-state index is -0.295. The molecule has 0 aliphatic carbocycles. The van der Waals surface area contributed by atoms with E-state index in [4.69, 9.17) is 9.47 Å². The fourth-order valence-corrected chi connectivity index (χ4v) is 3.60. The number of benzene rings is 2. The van der Waals surface area contributed by atoms with Crippen LogP contribution in [0.1, 0.15) is 37.8 Å². The summed E-state index contributed by atoms with van der Waals surface area (Å²) in [7, 11) is 3.53. The number of aryl methyl sites for hydroxylation is 1. The molecule has 2 aromatic carbocycles. The van der Waals surface area contributed by atoms with E-state index in [1.165, 1.54) is 5.56 Å². The fourth-order valence-electron chi connectivity index (χ4n) is 3.60. The highest BCUT2D eigenvalue weighted by Crippen LogP contribution is 2.22. The van der Waals surface area contributed by atoms with E-state index in [1.807, 2.05) is 57.3 Å². The molecule has 0 spiro atoms. The van der Waals surface area contributed by atoms with Crippen molar-refractivity contribution >= 4 is 5.91 Å². The topological polar surface area (TPSA) is 50.8 Å². The predicted octanol–water partition coefficient (Wildman–Crippen LogP) is 3.81. The van der Waals surface area contributed by atoms with Crippen molar-refractivity contribution in [3.05, 3.63) is 59.7 Å². The average Bonchev–Trinajstić information content (AvgIpc) is 2.91. The Morgan fingerprint density at radius 2 is 1.59 bits per heavy atom. The Kier molecular flexibility index (Phi) is 6.80. The van der Waals surface area contributed by atoms with Gasteiger partial charge in [-0.25, -0.2) is 0 Å². The first-order valence-corrected chi connectivity index (χ1v) is 10.3. The second-order valence-electron chi connectivity index (χ2n) is 8.15. The van der Waals surface area contributed by atoms with Crippen LogP contribution in [0, 0.1) is 0 Å². The van der Waals surface area contributed by atoms with Crippen LogP contribution >= 0.6 is 0 Å². The molecule has 0 aromatic heterocycles.